The van der Waals surface area contributed by atoms with E-state index in [2.05, 4.69) is 65.4 Å². The van der Waals surface area contributed by atoms with E-state index >= 15 is 0 Å². The molecule has 17 nitrogen and oxygen atoms in total. The van der Waals surface area contributed by atoms with Crippen molar-refractivity contribution < 1.29 is 102 Å². The van der Waals surface area contributed by atoms with E-state index in [9.17, 15) is 0 Å². The van der Waals surface area contributed by atoms with Crippen LogP contribution in [-0.4, -0.2) is 67.9 Å². The van der Waals surface area contributed by atoms with Gasteiger partial charge in [-0.25, -0.2) is 31.7 Å². The minimum atomic E-state index is -4.92. The molecule has 0 aromatic heterocycles. The maximum absolute atomic E-state index is 8.83. The fourth-order valence-electron chi connectivity index (χ4n) is 6.51. The monoisotopic (exact) mass is 886 g/mol. The summed E-state index contributed by atoms with van der Waals surface area (Å²) in [7, 11) is -4.92. The molecule has 0 radical (unpaired) electrons. The molecular weight excluding hydrogens is 844 g/mol. The predicted octanol–water partition coefficient (Wildman–Crippen LogP) is 0.216. The summed E-state index contributed by atoms with van der Waals surface area (Å²) in [6.07, 6.45) is 0. The van der Waals surface area contributed by atoms with Crippen LogP contribution in [0, 0.1) is 0 Å². The first-order chi connectivity index (χ1) is 27.7. The summed E-state index contributed by atoms with van der Waals surface area (Å²) in [4.78, 5) is 9.66. The van der Waals surface area contributed by atoms with Crippen molar-refractivity contribution in [3.05, 3.63) is 108 Å². The first kappa shape index (κ1) is 50.1. The fraction of sp³-hybridized carbons (Fsp3) is 0.200. The van der Waals surface area contributed by atoms with E-state index < -0.39 is 21.8 Å². The summed E-state index contributed by atoms with van der Waals surface area (Å²) in [6.45, 7) is 12.4. The number of fused-ring (bicyclic) bond motifs is 8. The molecule has 2 aliphatic heterocycles. The zero-order chi connectivity index (χ0) is 42.1. The first-order valence-corrected chi connectivity index (χ1v) is 20.3. The molecule has 1 unspecified atom stereocenters. The molecule has 4 aliphatic rings. The number of hydrogen-bond acceptors (Lipinski definition) is 13. The zero-order valence-electron chi connectivity index (χ0n) is 33.4. The number of nitrogens with zero attached hydrogens (tertiary/aromatic N) is 4. The third-order valence-electron chi connectivity index (χ3n) is 9.13. The van der Waals surface area contributed by atoms with Crippen molar-refractivity contribution in [3.8, 4) is 22.9 Å². The van der Waals surface area contributed by atoms with Crippen molar-refractivity contribution in [2.75, 3.05) is 37.6 Å². The molecule has 20 heteroatoms. The van der Waals surface area contributed by atoms with Gasteiger partial charge in [-0.15, -0.1) is 0 Å². The second-order valence-electron chi connectivity index (χ2n) is 12.5. The van der Waals surface area contributed by atoms with Gasteiger partial charge in [-0.05, 0) is 39.8 Å². The van der Waals surface area contributed by atoms with Crippen LogP contribution in [0.3, 0.4) is 0 Å². The third-order valence-corrected chi connectivity index (χ3v) is 9.24. The van der Waals surface area contributed by atoms with Crippen LogP contribution in [-0.2, 0) is 26.1 Å². The van der Waals surface area contributed by atoms with Gasteiger partial charge in [0.2, 0.25) is 21.1 Å². The molecule has 0 saturated heterocycles. The topological polar surface area (TPSA) is 291 Å². The van der Waals surface area contributed by atoms with E-state index in [1.165, 1.54) is 0 Å². The van der Waals surface area contributed by atoms with Gasteiger partial charge >= 0.3 is 51.4 Å². The maximum atomic E-state index is 8.83. The Labute approximate surface area is 390 Å². The van der Waals surface area contributed by atoms with Gasteiger partial charge in [0, 0.05) is 57.2 Å². The van der Waals surface area contributed by atoms with Gasteiger partial charge < -0.3 is 44.5 Å². The normalized spacial score (nSPS) is 11.3. The van der Waals surface area contributed by atoms with E-state index in [4.69, 9.17) is 61.8 Å². The van der Waals surface area contributed by atoms with Crippen molar-refractivity contribution in [1.82, 2.24) is 19.1 Å². The molecule has 0 amide bonds. The minimum Gasteiger partial charge on any atom is -0.750 e. The molecule has 4 aromatic rings. The molecule has 0 fully saturated rings. The standard InChI is InChI=1S/2C20H19N3O.K.2H2O4S.H2O/c2*1-3-23(4-2)13-9-10-17-18(11-13)24-19-12-16(21)14-7-5-6-8-15(14)20(19)22-17;;1-5(2,3)4;1-4-5(2)3;/h2*5-12,21H,3-4H2,1-2H3;;(H2,1,2,3,4);1H,(H,2,3);1H2/q;;+1;;;/p-1. The van der Waals surface area contributed by atoms with Crippen LogP contribution in [0.1, 0.15) is 27.7 Å². The number of nitrogens with two attached hydrogens (primary N) is 2. The summed E-state index contributed by atoms with van der Waals surface area (Å²) in [5.41, 5.74) is 18.7. The smallest absolute Gasteiger partial charge is 0.750 e. The maximum Gasteiger partial charge on any atom is 1.00 e. The Kier molecular flexibility index (Phi) is 18.8. The van der Waals surface area contributed by atoms with E-state index in [0.717, 1.165) is 104 Å². The van der Waals surface area contributed by atoms with E-state index in [0.29, 0.717) is 11.4 Å². The molecule has 7 N–H and O–H groups in total. The molecule has 2 heterocycles. The number of benzene rings is 6. The average molecular weight is 887 g/mol. The Morgan fingerprint density at radius 1 is 0.683 bits per heavy atom. The van der Waals surface area contributed by atoms with Gasteiger partial charge in [0.15, 0.2) is 22.7 Å². The Balaban J connectivity index is 0.000000255. The number of rotatable bonds is 5. The van der Waals surface area contributed by atoms with Gasteiger partial charge in [0.1, 0.15) is 48.6 Å². The van der Waals surface area contributed by atoms with E-state index in [1.807, 2.05) is 72.8 Å². The van der Waals surface area contributed by atoms with Crippen molar-refractivity contribution in [2.24, 2.45) is 0 Å². The number of aromatic nitrogens is 2. The van der Waals surface area contributed by atoms with Crippen molar-refractivity contribution >= 4 is 76.9 Å². The van der Waals surface area contributed by atoms with Crippen molar-refractivity contribution in [1.29, 1.82) is 0 Å². The van der Waals surface area contributed by atoms with Gasteiger partial charge in [0.25, 0.3) is 0 Å². The molecule has 60 heavy (non-hydrogen) atoms. The van der Waals surface area contributed by atoms with Crippen LogP contribution in [0.4, 0.5) is 11.4 Å². The van der Waals surface area contributed by atoms with Crippen LogP contribution in [0.2, 0.25) is 0 Å². The number of anilines is 2. The Bertz CT molecular complexity index is 2760. The van der Waals surface area contributed by atoms with Crippen molar-refractivity contribution in [2.45, 2.75) is 27.7 Å². The predicted molar refractivity (Wildman–Crippen MR) is 224 cm³/mol. The van der Waals surface area contributed by atoms with E-state index in [-0.39, 0.29) is 56.9 Å². The van der Waals surface area contributed by atoms with Crippen LogP contribution in [0.5, 0.6) is 0 Å². The second kappa shape index (κ2) is 22.5. The minimum absolute atomic E-state index is 0. The van der Waals surface area contributed by atoms with Crippen LogP contribution < -0.4 is 88.0 Å². The first-order valence-electron chi connectivity index (χ1n) is 18.0. The molecular formula is C40H43KN6O11S2. The molecule has 0 spiro atoms. The van der Waals surface area contributed by atoms with Gasteiger partial charge in [-0.2, -0.15) is 0 Å². The molecule has 2 aliphatic carbocycles. The second-order valence-corrected chi connectivity index (χ2v) is 13.9. The quantitative estimate of drug-likeness (QED) is 0.0199. The molecule has 0 saturated carbocycles. The molecule has 4 aromatic carbocycles. The summed E-state index contributed by atoms with van der Waals surface area (Å²) in [5.74, 6) is 1.56. The third kappa shape index (κ3) is 12.4. The SMILES string of the molecule is CC[N+](CC)=c1ccc2nc3c(cc(N)c4ccccc43)oc-2c1.CC[N+](CC)=c1ccc2nc3c(cc(N)c4ccccc43)oc-2c1.O.O=S(=O)([O-])O.O=S([O-])O[O-].[K+]. The Hall–Kier alpha value is -4.26. The molecule has 312 valence electrons. The van der Waals surface area contributed by atoms with Crippen LogP contribution in [0.25, 0.3) is 66.7 Å². The number of hydrogen-bond donors (Lipinski definition) is 3. The Morgan fingerprint density at radius 2 is 1.00 bits per heavy atom. The summed E-state index contributed by atoms with van der Waals surface area (Å²) >= 11 is -2.88. The number of nitrogen functional groups attached to an aromatic ring is 2. The van der Waals surface area contributed by atoms with E-state index in [1.54, 1.807) is 0 Å². The summed E-state index contributed by atoms with van der Waals surface area (Å²) in [6, 6.07) is 32.2. The molecule has 8 rings (SSSR count). The van der Waals surface area contributed by atoms with Crippen molar-refractivity contribution in [3.63, 3.8) is 0 Å². The van der Waals surface area contributed by atoms with Crippen LogP contribution in [0.15, 0.2) is 106 Å². The van der Waals surface area contributed by atoms with Crippen LogP contribution >= 0.6 is 0 Å². The fourth-order valence-corrected chi connectivity index (χ4v) is 6.51. The van der Waals surface area contributed by atoms with Gasteiger partial charge in [-0.1, -0.05) is 48.5 Å². The van der Waals surface area contributed by atoms with Gasteiger partial charge in [-0.3, -0.25) is 4.55 Å². The summed E-state index contributed by atoms with van der Waals surface area (Å²) < 4.78 is 69.8. The average Bonchev–Trinajstić information content (AvgIpc) is 3.20. The zero-order valence-corrected chi connectivity index (χ0v) is 38.2. The summed E-state index contributed by atoms with van der Waals surface area (Å²) in [5, 5.41) is 14.9. The molecule has 0 bridgehead atoms. The molecule has 1 atom stereocenters. The Morgan fingerprint density at radius 3 is 1.30 bits per heavy atom. The van der Waals surface area contributed by atoms with Gasteiger partial charge in [0.05, 0.1) is 23.5 Å². The largest absolute Gasteiger partial charge is 1.00 e.